The Morgan fingerprint density at radius 3 is 2.00 bits per heavy atom. The van der Waals surface area contributed by atoms with Crippen LogP contribution in [0.15, 0.2) is 11.1 Å². The SMILES string of the molecule is CCC(C(=O)O)=C(C(=O)O)C1CCCC1. The second kappa shape index (κ2) is 4.96. The lowest BCUT2D eigenvalue weighted by molar-refractivity contribution is -0.136. The molecule has 1 fully saturated rings. The summed E-state index contributed by atoms with van der Waals surface area (Å²) < 4.78 is 0. The van der Waals surface area contributed by atoms with Gasteiger partial charge in [-0.1, -0.05) is 19.8 Å². The number of carboxylic acids is 2. The molecule has 0 amide bonds. The monoisotopic (exact) mass is 212 g/mol. The van der Waals surface area contributed by atoms with Crippen molar-refractivity contribution in [3.8, 4) is 0 Å². The Kier molecular flexibility index (Phi) is 3.88. The zero-order chi connectivity index (χ0) is 11.4. The van der Waals surface area contributed by atoms with Crippen LogP contribution in [0.5, 0.6) is 0 Å². The van der Waals surface area contributed by atoms with E-state index in [4.69, 9.17) is 10.2 Å². The van der Waals surface area contributed by atoms with E-state index in [0.717, 1.165) is 25.7 Å². The molecule has 1 aliphatic rings. The van der Waals surface area contributed by atoms with Gasteiger partial charge < -0.3 is 10.2 Å². The average molecular weight is 212 g/mol. The number of hydrogen-bond acceptors (Lipinski definition) is 2. The van der Waals surface area contributed by atoms with Gasteiger partial charge in [0.15, 0.2) is 0 Å². The van der Waals surface area contributed by atoms with Gasteiger partial charge in [-0.05, 0) is 25.2 Å². The number of carbonyl (C=O) groups is 2. The Bertz CT molecular complexity index is 298. The van der Waals surface area contributed by atoms with Crippen molar-refractivity contribution in [2.75, 3.05) is 0 Å². The normalized spacial score (nSPS) is 18.7. The second-order valence-corrected chi connectivity index (χ2v) is 3.84. The maximum Gasteiger partial charge on any atom is 0.332 e. The van der Waals surface area contributed by atoms with Crippen LogP contribution in [-0.2, 0) is 9.59 Å². The Morgan fingerprint density at radius 1 is 1.13 bits per heavy atom. The first kappa shape index (κ1) is 11.8. The van der Waals surface area contributed by atoms with Crippen LogP contribution in [-0.4, -0.2) is 22.2 Å². The summed E-state index contributed by atoms with van der Waals surface area (Å²) >= 11 is 0. The highest BCUT2D eigenvalue weighted by atomic mass is 16.4. The molecule has 0 aromatic rings. The Labute approximate surface area is 88.6 Å². The van der Waals surface area contributed by atoms with Crippen molar-refractivity contribution in [1.29, 1.82) is 0 Å². The topological polar surface area (TPSA) is 74.6 Å². The first-order valence-electron chi connectivity index (χ1n) is 5.27. The quantitative estimate of drug-likeness (QED) is 0.699. The van der Waals surface area contributed by atoms with Crippen molar-refractivity contribution in [1.82, 2.24) is 0 Å². The number of aliphatic carboxylic acids is 2. The van der Waals surface area contributed by atoms with Crippen LogP contribution in [0.25, 0.3) is 0 Å². The molecular formula is C11H16O4. The highest BCUT2D eigenvalue weighted by molar-refractivity contribution is 5.99. The van der Waals surface area contributed by atoms with Gasteiger partial charge in [0.2, 0.25) is 0 Å². The van der Waals surface area contributed by atoms with Gasteiger partial charge in [-0.3, -0.25) is 0 Å². The van der Waals surface area contributed by atoms with Crippen molar-refractivity contribution >= 4 is 11.9 Å². The zero-order valence-corrected chi connectivity index (χ0v) is 8.82. The molecule has 15 heavy (non-hydrogen) atoms. The highest BCUT2D eigenvalue weighted by Crippen LogP contribution is 2.33. The first-order chi connectivity index (χ1) is 7.07. The summed E-state index contributed by atoms with van der Waals surface area (Å²) in [6.45, 7) is 1.68. The summed E-state index contributed by atoms with van der Waals surface area (Å²) in [6, 6.07) is 0. The van der Waals surface area contributed by atoms with E-state index in [1.165, 1.54) is 0 Å². The molecule has 1 saturated carbocycles. The summed E-state index contributed by atoms with van der Waals surface area (Å²) in [7, 11) is 0. The van der Waals surface area contributed by atoms with Crippen LogP contribution < -0.4 is 0 Å². The van der Waals surface area contributed by atoms with Crippen LogP contribution in [0.4, 0.5) is 0 Å². The fourth-order valence-corrected chi connectivity index (χ4v) is 2.22. The van der Waals surface area contributed by atoms with Gasteiger partial charge in [-0.15, -0.1) is 0 Å². The molecule has 0 radical (unpaired) electrons. The minimum atomic E-state index is -1.10. The molecule has 1 rings (SSSR count). The largest absolute Gasteiger partial charge is 0.478 e. The molecule has 2 N–H and O–H groups in total. The molecule has 0 bridgehead atoms. The summed E-state index contributed by atoms with van der Waals surface area (Å²) in [4.78, 5) is 22.0. The van der Waals surface area contributed by atoms with Gasteiger partial charge in [0, 0.05) is 5.57 Å². The maximum atomic E-state index is 11.1. The second-order valence-electron chi connectivity index (χ2n) is 3.84. The van der Waals surface area contributed by atoms with Crippen molar-refractivity contribution in [2.24, 2.45) is 5.92 Å². The minimum Gasteiger partial charge on any atom is -0.478 e. The maximum absolute atomic E-state index is 11.1. The van der Waals surface area contributed by atoms with Crippen LogP contribution in [0.3, 0.4) is 0 Å². The van der Waals surface area contributed by atoms with Crippen molar-refractivity contribution in [3.63, 3.8) is 0 Å². The lowest BCUT2D eigenvalue weighted by atomic mass is 9.91. The third-order valence-corrected chi connectivity index (χ3v) is 2.93. The number of hydrogen-bond donors (Lipinski definition) is 2. The van der Waals surface area contributed by atoms with Crippen molar-refractivity contribution in [3.05, 3.63) is 11.1 Å². The lowest BCUT2D eigenvalue weighted by Gasteiger charge is -2.13. The molecule has 0 saturated heterocycles. The van der Waals surface area contributed by atoms with Gasteiger partial charge in [0.05, 0.1) is 5.57 Å². The van der Waals surface area contributed by atoms with Gasteiger partial charge >= 0.3 is 11.9 Å². The predicted octanol–water partition coefficient (Wildman–Crippen LogP) is 2.05. The van der Waals surface area contributed by atoms with Crippen molar-refractivity contribution in [2.45, 2.75) is 39.0 Å². The van der Waals surface area contributed by atoms with Crippen LogP contribution >= 0.6 is 0 Å². The van der Waals surface area contributed by atoms with Gasteiger partial charge in [-0.2, -0.15) is 0 Å². The summed E-state index contributed by atoms with van der Waals surface area (Å²) in [5.74, 6) is -2.23. The lowest BCUT2D eigenvalue weighted by Crippen LogP contribution is -2.17. The van der Waals surface area contributed by atoms with Crippen LogP contribution in [0.2, 0.25) is 0 Å². The highest BCUT2D eigenvalue weighted by Gasteiger charge is 2.28. The number of carboxylic acid groups (broad SMARTS) is 2. The summed E-state index contributed by atoms with van der Waals surface area (Å²) in [5.41, 5.74) is 0.192. The zero-order valence-electron chi connectivity index (χ0n) is 8.82. The van der Waals surface area contributed by atoms with Crippen LogP contribution in [0, 0.1) is 5.92 Å². The fraction of sp³-hybridized carbons (Fsp3) is 0.636. The van der Waals surface area contributed by atoms with E-state index in [9.17, 15) is 9.59 Å². The molecule has 4 heteroatoms. The van der Waals surface area contributed by atoms with E-state index in [-0.39, 0.29) is 23.5 Å². The molecule has 0 spiro atoms. The standard InChI is InChI=1S/C11H16O4/c1-2-8(10(12)13)9(11(14)15)7-5-3-4-6-7/h7H,2-6H2,1H3,(H,12,13)(H,14,15). The molecule has 84 valence electrons. The van der Waals surface area contributed by atoms with E-state index in [1.807, 2.05) is 0 Å². The van der Waals surface area contributed by atoms with Gasteiger partial charge in [-0.25, -0.2) is 9.59 Å². The molecule has 0 atom stereocenters. The molecule has 0 aromatic heterocycles. The van der Waals surface area contributed by atoms with Crippen molar-refractivity contribution < 1.29 is 19.8 Å². The third-order valence-electron chi connectivity index (χ3n) is 2.93. The Balaban J connectivity index is 3.07. The molecular weight excluding hydrogens is 196 g/mol. The molecule has 0 unspecified atom stereocenters. The molecule has 0 aromatic carbocycles. The van der Waals surface area contributed by atoms with E-state index >= 15 is 0 Å². The Morgan fingerprint density at radius 2 is 1.67 bits per heavy atom. The summed E-state index contributed by atoms with van der Waals surface area (Å²) in [6.07, 6.45) is 3.88. The fourth-order valence-electron chi connectivity index (χ4n) is 2.22. The molecule has 0 heterocycles. The molecule has 0 aliphatic heterocycles. The smallest absolute Gasteiger partial charge is 0.332 e. The van der Waals surface area contributed by atoms with E-state index < -0.39 is 11.9 Å². The average Bonchev–Trinajstić information content (AvgIpc) is 2.64. The predicted molar refractivity (Wildman–Crippen MR) is 54.5 cm³/mol. The summed E-state index contributed by atoms with van der Waals surface area (Å²) in [5, 5.41) is 18.0. The van der Waals surface area contributed by atoms with Crippen LogP contribution in [0.1, 0.15) is 39.0 Å². The van der Waals surface area contributed by atoms with Gasteiger partial charge in [0.25, 0.3) is 0 Å². The number of rotatable bonds is 4. The Hall–Kier alpha value is -1.32. The van der Waals surface area contributed by atoms with E-state index in [2.05, 4.69) is 0 Å². The first-order valence-corrected chi connectivity index (χ1v) is 5.27. The van der Waals surface area contributed by atoms with E-state index in [0.29, 0.717) is 0 Å². The third kappa shape index (κ3) is 2.58. The van der Waals surface area contributed by atoms with E-state index in [1.54, 1.807) is 6.92 Å². The molecule has 4 nitrogen and oxygen atoms in total. The minimum absolute atomic E-state index is 0.0615. The molecule has 1 aliphatic carbocycles. The van der Waals surface area contributed by atoms with Gasteiger partial charge in [0.1, 0.15) is 0 Å².